The summed E-state index contributed by atoms with van der Waals surface area (Å²) >= 11 is 5.23. The van der Waals surface area contributed by atoms with Crippen molar-refractivity contribution >= 4 is 34.5 Å². The molecule has 2 fully saturated rings. The summed E-state index contributed by atoms with van der Waals surface area (Å²) in [7, 11) is 0. The van der Waals surface area contributed by atoms with Crippen LogP contribution in [0.2, 0.25) is 0 Å². The Bertz CT molecular complexity index is 1200. The molecule has 3 heterocycles. The van der Waals surface area contributed by atoms with Crippen molar-refractivity contribution in [1.82, 2.24) is 19.9 Å². The van der Waals surface area contributed by atoms with Gasteiger partial charge in [0.25, 0.3) is 5.92 Å². The SMILES string of the molecule is O[C@@H]1C[C@H]1NC(=S)Nc1cnn2ccc(N3CC(F)(F)C[C@@H]3c3cc(F)ccc3F)nc12. The average molecular weight is 466 g/mol. The predicted molar refractivity (Wildman–Crippen MR) is 113 cm³/mol. The highest BCUT2D eigenvalue weighted by atomic mass is 32.1. The first-order chi connectivity index (χ1) is 15.2. The number of hydrogen-bond acceptors (Lipinski definition) is 5. The van der Waals surface area contributed by atoms with Gasteiger partial charge in [0.1, 0.15) is 23.1 Å². The number of nitrogens with zero attached hydrogens (tertiary/aromatic N) is 4. The fourth-order valence-corrected chi connectivity index (χ4v) is 4.14. The van der Waals surface area contributed by atoms with E-state index in [1.54, 1.807) is 6.20 Å². The van der Waals surface area contributed by atoms with Crippen molar-refractivity contribution in [1.29, 1.82) is 0 Å². The first-order valence-corrected chi connectivity index (χ1v) is 10.3. The van der Waals surface area contributed by atoms with E-state index in [1.807, 2.05) is 0 Å². The maximum atomic E-state index is 14.4. The molecule has 0 amide bonds. The summed E-state index contributed by atoms with van der Waals surface area (Å²) in [6.45, 7) is -0.687. The molecule has 168 valence electrons. The molecule has 32 heavy (non-hydrogen) atoms. The second-order valence-electron chi connectivity index (χ2n) is 7.99. The summed E-state index contributed by atoms with van der Waals surface area (Å²) in [6.07, 6.45) is 2.51. The Labute approximate surface area is 185 Å². The molecule has 0 spiro atoms. The minimum Gasteiger partial charge on any atom is -0.391 e. The van der Waals surface area contributed by atoms with Gasteiger partial charge in [0.05, 0.1) is 30.9 Å². The Morgan fingerprint density at radius 1 is 1.25 bits per heavy atom. The molecule has 3 aromatic rings. The molecule has 2 aromatic heterocycles. The number of hydrogen-bond donors (Lipinski definition) is 3. The van der Waals surface area contributed by atoms with Crippen LogP contribution < -0.4 is 15.5 Å². The van der Waals surface area contributed by atoms with Crippen LogP contribution in [0.25, 0.3) is 5.65 Å². The van der Waals surface area contributed by atoms with E-state index in [0.29, 0.717) is 17.8 Å². The van der Waals surface area contributed by atoms with Crippen LogP contribution in [-0.4, -0.2) is 49.4 Å². The number of alkyl halides is 2. The van der Waals surface area contributed by atoms with Crippen LogP contribution in [0.1, 0.15) is 24.4 Å². The maximum absolute atomic E-state index is 14.4. The van der Waals surface area contributed by atoms with Gasteiger partial charge in [0.2, 0.25) is 0 Å². The molecule has 0 radical (unpaired) electrons. The number of rotatable bonds is 4. The van der Waals surface area contributed by atoms with Gasteiger partial charge < -0.3 is 20.6 Å². The topological polar surface area (TPSA) is 77.7 Å². The van der Waals surface area contributed by atoms with E-state index in [1.165, 1.54) is 21.7 Å². The third-order valence-electron chi connectivity index (χ3n) is 5.56. The monoisotopic (exact) mass is 466 g/mol. The standard InChI is InChI=1S/C20H18F4N6OS/c21-10-1-2-12(22)11(5-10)15-7-20(23,24)9-29(15)17-3-4-30-18(28-17)14(8-25-30)27-19(32)26-13-6-16(13)31/h1-5,8,13,15-16,31H,6-7,9H2,(H2,26,27,32)/t13-,15-,16-/m1/s1. The lowest BCUT2D eigenvalue weighted by Crippen LogP contribution is -2.32. The van der Waals surface area contributed by atoms with Gasteiger partial charge in [-0.25, -0.2) is 27.1 Å². The summed E-state index contributed by atoms with van der Waals surface area (Å²) in [5.41, 5.74) is 0.597. The molecule has 7 nitrogen and oxygen atoms in total. The summed E-state index contributed by atoms with van der Waals surface area (Å²) in [5, 5.41) is 19.7. The van der Waals surface area contributed by atoms with Crippen LogP contribution in [0.3, 0.4) is 0 Å². The molecular formula is C20H18F4N6OS. The number of benzene rings is 1. The summed E-state index contributed by atoms with van der Waals surface area (Å²) in [5.74, 6) is -4.40. The van der Waals surface area contributed by atoms with E-state index in [-0.39, 0.29) is 22.5 Å². The zero-order valence-electron chi connectivity index (χ0n) is 16.5. The smallest absolute Gasteiger partial charge is 0.267 e. The highest BCUT2D eigenvalue weighted by molar-refractivity contribution is 7.80. The number of halogens is 4. The number of thiocarbonyl (C=S) groups is 1. The molecule has 1 aromatic carbocycles. The third kappa shape index (κ3) is 3.95. The zero-order valence-corrected chi connectivity index (χ0v) is 17.3. The largest absolute Gasteiger partial charge is 0.391 e. The van der Waals surface area contributed by atoms with Crippen LogP contribution in [0.15, 0.2) is 36.7 Å². The van der Waals surface area contributed by atoms with Crippen molar-refractivity contribution in [3.8, 4) is 0 Å². The van der Waals surface area contributed by atoms with Crippen molar-refractivity contribution in [2.75, 3.05) is 16.8 Å². The van der Waals surface area contributed by atoms with E-state index in [4.69, 9.17) is 12.2 Å². The Hall–Kier alpha value is -2.99. The summed E-state index contributed by atoms with van der Waals surface area (Å²) < 4.78 is 58.3. The molecular weight excluding hydrogens is 448 g/mol. The average Bonchev–Trinajstić information content (AvgIpc) is 3.14. The fraction of sp³-hybridized carbons (Fsp3) is 0.350. The lowest BCUT2D eigenvalue weighted by Gasteiger charge is -2.25. The molecule has 0 bridgehead atoms. The molecule has 3 atom stereocenters. The van der Waals surface area contributed by atoms with Gasteiger partial charge in [-0.05, 0) is 42.9 Å². The van der Waals surface area contributed by atoms with Crippen molar-refractivity contribution in [3.63, 3.8) is 0 Å². The van der Waals surface area contributed by atoms with Crippen molar-refractivity contribution in [2.45, 2.75) is 37.0 Å². The number of aromatic nitrogens is 3. The summed E-state index contributed by atoms with van der Waals surface area (Å²) in [4.78, 5) is 5.72. The molecule has 3 N–H and O–H groups in total. The van der Waals surface area contributed by atoms with E-state index < -0.39 is 42.7 Å². The van der Waals surface area contributed by atoms with Gasteiger partial charge in [-0.1, -0.05) is 0 Å². The van der Waals surface area contributed by atoms with Gasteiger partial charge in [0, 0.05) is 18.2 Å². The molecule has 0 unspecified atom stereocenters. The fourth-order valence-electron chi connectivity index (χ4n) is 3.88. The first-order valence-electron chi connectivity index (χ1n) is 9.89. The Morgan fingerprint density at radius 3 is 2.78 bits per heavy atom. The van der Waals surface area contributed by atoms with E-state index >= 15 is 0 Å². The van der Waals surface area contributed by atoms with Gasteiger partial charge >= 0.3 is 0 Å². The van der Waals surface area contributed by atoms with Crippen LogP contribution in [0.5, 0.6) is 0 Å². The number of anilines is 2. The molecule has 2 aliphatic rings. The van der Waals surface area contributed by atoms with E-state index in [0.717, 1.165) is 18.2 Å². The molecule has 1 saturated carbocycles. The minimum atomic E-state index is -3.10. The number of nitrogens with one attached hydrogen (secondary N) is 2. The van der Waals surface area contributed by atoms with E-state index in [2.05, 4.69) is 20.7 Å². The molecule has 5 rings (SSSR count). The summed E-state index contributed by atoms with van der Waals surface area (Å²) in [6, 6.07) is 3.10. The predicted octanol–water partition coefficient (Wildman–Crippen LogP) is 3.01. The van der Waals surface area contributed by atoms with Crippen LogP contribution in [0, 0.1) is 11.6 Å². The molecule has 1 saturated heterocycles. The Morgan fingerprint density at radius 2 is 2.03 bits per heavy atom. The number of aliphatic hydroxyl groups excluding tert-OH is 1. The highest BCUT2D eigenvalue weighted by Crippen LogP contribution is 2.44. The highest BCUT2D eigenvalue weighted by Gasteiger charge is 2.47. The van der Waals surface area contributed by atoms with Gasteiger partial charge in [0.15, 0.2) is 10.8 Å². The van der Waals surface area contributed by atoms with Crippen molar-refractivity contribution in [3.05, 3.63) is 53.9 Å². The van der Waals surface area contributed by atoms with Crippen LogP contribution in [-0.2, 0) is 0 Å². The molecule has 1 aliphatic carbocycles. The van der Waals surface area contributed by atoms with E-state index in [9.17, 15) is 22.7 Å². The Kier molecular flexibility index (Phi) is 4.93. The van der Waals surface area contributed by atoms with Gasteiger partial charge in [-0.15, -0.1) is 0 Å². The number of fused-ring (bicyclic) bond motifs is 1. The Balaban J connectivity index is 1.47. The molecule has 12 heteroatoms. The second kappa shape index (κ2) is 7.55. The number of aliphatic hydroxyl groups is 1. The van der Waals surface area contributed by atoms with Crippen molar-refractivity contribution < 1.29 is 22.7 Å². The van der Waals surface area contributed by atoms with Crippen LogP contribution >= 0.6 is 12.2 Å². The lowest BCUT2D eigenvalue weighted by atomic mass is 10.0. The molecule has 1 aliphatic heterocycles. The van der Waals surface area contributed by atoms with Gasteiger partial charge in [-0.2, -0.15) is 5.10 Å². The lowest BCUT2D eigenvalue weighted by molar-refractivity contribution is 0.0221. The normalized spacial score (nSPS) is 24.0. The van der Waals surface area contributed by atoms with Gasteiger partial charge in [-0.3, -0.25) is 0 Å². The van der Waals surface area contributed by atoms with Crippen LogP contribution in [0.4, 0.5) is 29.1 Å². The first kappa shape index (κ1) is 20.9. The maximum Gasteiger partial charge on any atom is 0.267 e. The van der Waals surface area contributed by atoms with Crippen molar-refractivity contribution in [2.24, 2.45) is 0 Å². The quantitative estimate of drug-likeness (QED) is 0.403. The minimum absolute atomic E-state index is 0.117. The third-order valence-corrected chi connectivity index (χ3v) is 5.78. The zero-order chi connectivity index (χ0) is 22.6. The second-order valence-corrected chi connectivity index (χ2v) is 8.40.